The summed E-state index contributed by atoms with van der Waals surface area (Å²) >= 11 is 2.00. The van der Waals surface area contributed by atoms with Crippen LogP contribution in [-0.4, -0.2) is 5.75 Å². The van der Waals surface area contributed by atoms with Crippen molar-refractivity contribution in [1.29, 1.82) is 0 Å². The van der Waals surface area contributed by atoms with E-state index in [1.54, 1.807) is 0 Å². The molecule has 2 aromatic rings. The molecule has 0 saturated heterocycles. The number of thioether (sulfide) groups is 1. The Labute approximate surface area is 107 Å². The van der Waals surface area contributed by atoms with Gasteiger partial charge in [-0.2, -0.15) is 0 Å². The van der Waals surface area contributed by atoms with Crippen molar-refractivity contribution >= 4 is 11.8 Å². The van der Waals surface area contributed by atoms with Crippen LogP contribution < -0.4 is 0 Å². The van der Waals surface area contributed by atoms with Gasteiger partial charge in [0.05, 0.1) is 0 Å². The molecular formula is C16H16S. The molecule has 0 spiro atoms. The standard InChI is InChI=1S/C16H16S/c1-12-6-8-13(9-7-12)15-10-14-4-2-3-5-16(14)17-11-15/h2-9,15H,10-11H2,1H3/t15-/m1/s1. The van der Waals surface area contributed by atoms with Crippen LogP contribution in [0.1, 0.15) is 22.6 Å². The quantitative estimate of drug-likeness (QED) is 0.710. The largest absolute Gasteiger partial charge is 0.125 e. The molecule has 0 nitrogen and oxygen atoms in total. The molecule has 1 heterocycles. The van der Waals surface area contributed by atoms with Crippen LogP contribution in [-0.2, 0) is 6.42 Å². The third-order valence-corrected chi connectivity index (χ3v) is 4.71. The minimum Gasteiger partial charge on any atom is -0.125 e. The molecule has 0 amide bonds. The van der Waals surface area contributed by atoms with E-state index in [1.165, 1.54) is 33.8 Å². The van der Waals surface area contributed by atoms with Crippen molar-refractivity contribution in [3.8, 4) is 0 Å². The highest BCUT2D eigenvalue weighted by atomic mass is 32.2. The van der Waals surface area contributed by atoms with Crippen LogP contribution in [0.3, 0.4) is 0 Å². The van der Waals surface area contributed by atoms with Crippen molar-refractivity contribution < 1.29 is 0 Å². The van der Waals surface area contributed by atoms with Crippen molar-refractivity contribution in [2.45, 2.75) is 24.2 Å². The third kappa shape index (κ3) is 2.25. The summed E-state index contributed by atoms with van der Waals surface area (Å²) < 4.78 is 0. The van der Waals surface area contributed by atoms with E-state index >= 15 is 0 Å². The lowest BCUT2D eigenvalue weighted by molar-refractivity contribution is 0.745. The first-order valence-corrected chi connectivity index (χ1v) is 7.09. The summed E-state index contributed by atoms with van der Waals surface area (Å²) in [7, 11) is 0. The fourth-order valence-electron chi connectivity index (χ4n) is 2.38. The van der Waals surface area contributed by atoms with Crippen LogP contribution >= 0.6 is 11.8 Å². The molecule has 1 heteroatoms. The topological polar surface area (TPSA) is 0 Å². The molecule has 86 valence electrons. The van der Waals surface area contributed by atoms with E-state index in [-0.39, 0.29) is 0 Å². The van der Waals surface area contributed by atoms with E-state index in [0.717, 1.165) is 0 Å². The minimum absolute atomic E-state index is 0.676. The summed E-state index contributed by atoms with van der Waals surface area (Å²) in [5.74, 6) is 1.88. The molecule has 0 N–H and O–H groups in total. The van der Waals surface area contributed by atoms with Crippen LogP contribution in [0.2, 0.25) is 0 Å². The molecule has 0 radical (unpaired) electrons. The van der Waals surface area contributed by atoms with Crippen molar-refractivity contribution in [3.63, 3.8) is 0 Å². The smallest absolute Gasteiger partial charge is 0.0104 e. The lowest BCUT2D eigenvalue weighted by Crippen LogP contribution is -2.11. The Kier molecular flexibility index (Phi) is 2.94. The van der Waals surface area contributed by atoms with Crippen LogP contribution in [0.15, 0.2) is 53.4 Å². The summed E-state index contributed by atoms with van der Waals surface area (Å²) in [6.07, 6.45) is 1.19. The Morgan fingerprint density at radius 3 is 2.59 bits per heavy atom. The van der Waals surface area contributed by atoms with Gasteiger partial charge in [-0.25, -0.2) is 0 Å². The van der Waals surface area contributed by atoms with Gasteiger partial charge in [0.25, 0.3) is 0 Å². The van der Waals surface area contributed by atoms with Gasteiger partial charge in [-0.1, -0.05) is 48.0 Å². The summed E-state index contributed by atoms with van der Waals surface area (Å²) in [5, 5.41) is 0. The van der Waals surface area contributed by atoms with E-state index in [0.29, 0.717) is 5.92 Å². The fraction of sp³-hybridized carbons (Fsp3) is 0.250. The van der Waals surface area contributed by atoms with E-state index in [2.05, 4.69) is 55.5 Å². The Morgan fingerprint density at radius 2 is 1.76 bits per heavy atom. The molecule has 2 aromatic carbocycles. The molecule has 0 aromatic heterocycles. The highest BCUT2D eigenvalue weighted by Gasteiger charge is 2.19. The molecule has 1 aliphatic rings. The molecule has 3 rings (SSSR count). The molecule has 0 unspecified atom stereocenters. The second-order valence-corrected chi connectivity index (χ2v) is 5.79. The summed E-state index contributed by atoms with van der Waals surface area (Å²) in [6, 6.07) is 17.8. The summed E-state index contributed by atoms with van der Waals surface area (Å²) in [4.78, 5) is 1.47. The van der Waals surface area contributed by atoms with Crippen molar-refractivity contribution in [2.24, 2.45) is 0 Å². The third-order valence-electron chi connectivity index (χ3n) is 3.43. The van der Waals surface area contributed by atoms with Gasteiger partial charge in [0.15, 0.2) is 0 Å². The predicted molar refractivity (Wildman–Crippen MR) is 74.8 cm³/mol. The molecular weight excluding hydrogens is 224 g/mol. The number of rotatable bonds is 1. The normalized spacial score (nSPS) is 18.8. The summed E-state index contributed by atoms with van der Waals surface area (Å²) in [5.41, 5.74) is 4.34. The lowest BCUT2D eigenvalue weighted by atomic mass is 9.92. The number of aryl methyl sites for hydroxylation is 1. The molecule has 17 heavy (non-hydrogen) atoms. The van der Waals surface area contributed by atoms with Gasteiger partial charge in [0.2, 0.25) is 0 Å². The van der Waals surface area contributed by atoms with Crippen LogP contribution in [0, 0.1) is 6.92 Å². The number of hydrogen-bond donors (Lipinski definition) is 0. The monoisotopic (exact) mass is 240 g/mol. The Balaban J connectivity index is 1.86. The molecule has 0 saturated carbocycles. The van der Waals surface area contributed by atoms with Crippen LogP contribution in [0.5, 0.6) is 0 Å². The average molecular weight is 240 g/mol. The van der Waals surface area contributed by atoms with Gasteiger partial charge < -0.3 is 0 Å². The Morgan fingerprint density at radius 1 is 1.00 bits per heavy atom. The maximum Gasteiger partial charge on any atom is 0.0104 e. The van der Waals surface area contributed by atoms with Gasteiger partial charge in [-0.3, -0.25) is 0 Å². The zero-order valence-electron chi connectivity index (χ0n) is 10.0. The van der Waals surface area contributed by atoms with Gasteiger partial charge >= 0.3 is 0 Å². The predicted octanol–water partition coefficient (Wildman–Crippen LogP) is 4.43. The second kappa shape index (κ2) is 4.58. The molecule has 0 fully saturated rings. The van der Waals surface area contributed by atoms with Gasteiger partial charge in [-0.15, -0.1) is 11.8 Å². The van der Waals surface area contributed by atoms with E-state index in [1.807, 2.05) is 11.8 Å². The first kappa shape index (κ1) is 10.9. The van der Waals surface area contributed by atoms with Gasteiger partial charge in [0.1, 0.15) is 0 Å². The van der Waals surface area contributed by atoms with Gasteiger partial charge in [0, 0.05) is 10.6 Å². The minimum atomic E-state index is 0.676. The lowest BCUT2D eigenvalue weighted by Gasteiger charge is -2.24. The summed E-state index contributed by atoms with van der Waals surface area (Å²) in [6.45, 7) is 2.15. The van der Waals surface area contributed by atoms with Crippen molar-refractivity contribution in [2.75, 3.05) is 5.75 Å². The zero-order chi connectivity index (χ0) is 11.7. The maximum atomic E-state index is 2.29. The fourth-order valence-corrected chi connectivity index (χ4v) is 3.58. The zero-order valence-corrected chi connectivity index (χ0v) is 10.8. The Hall–Kier alpha value is -1.21. The van der Waals surface area contributed by atoms with E-state index in [9.17, 15) is 0 Å². The second-order valence-electron chi connectivity index (χ2n) is 4.73. The number of benzene rings is 2. The molecule has 1 aliphatic heterocycles. The van der Waals surface area contributed by atoms with Gasteiger partial charge in [-0.05, 0) is 36.5 Å². The van der Waals surface area contributed by atoms with Crippen molar-refractivity contribution in [3.05, 3.63) is 65.2 Å². The number of hydrogen-bond acceptors (Lipinski definition) is 1. The van der Waals surface area contributed by atoms with Crippen molar-refractivity contribution in [1.82, 2.24) is 0 Å². The number of fused-ring (bicyclic) bond motifs is 1. The highest BCUT2D eigenvalue weighted by molar-refractivity contribution is 7.99. The first-order valence-electron chi connectivity index (χ1n) is 6.10. The average Bonchev–Trinajstić information content (AvgIpc) is 2.39. The molecule has 0 bridgehead atoms. The van der Waals surface area contributed by atoms with E-state index in [4.69, 9.17) is 0 Å². The van der Waals surface area contributed by atoms with Crippen LogP contribution in [0.4, 0.5) is 0 Å². The van der Waals surface area contributed by atoms with Crippen LogP contribution in [0.25, 0.3) is 0 Å². The maximum absolute atomic E-state index is 2.29. The Bertz CT molecular complexity index is 513. The highest BCUT2D eigenvalue weighted by Crippen LogP contribution is 2.37. The molecule has 1 atom stereocenters. The molecule has 0 aliphatic carbocycles. The SMILES string of the molecule is Cc1ccc([C@H]2CSc3ccccc3C2)cc1. The first-order chi connectivity index (χ1) is 8.33. The van der Waals surface area contributed by atoms with E-state index < -0.39 is 0 Å².